The number of carboxylic acid groups (broad SMARTS) is 1. The van der Waals surface area contributed by atoms with E-state index in [0.717, 1.165) is 0 Å². The summed E-state index contributed by atoms with van der Waals surface area (Å²) in [6, 6.07) is 10.7. The van der Waals surface area contributed by atoms with Crippen LogP contribution >= 0.6 is 0 Å². The van der Waals surface area contributed by atoms with Crippen molar-refractivity contribution in [2.24, 2.45) is 5.92 Å². The number of carbonyl (C=O) groups is 3. The Morgan fingerprint density at radius 2 is 1.59 bits per heavy atom. The topological polar surface area (TPSA) is 95.5 Å². The van der Waals surface area contributed by atoms with Crippen molar-refractivity contribution in [3.63, 3.8) is 0 Å². The van der Waals surface area contributed by atoms with Gasteiger partial charge in [0.15, 0.2) is 0 Å². The fourth-order valence-corrected chi connectivity index (χ4v) is 2.46. The molecular formula is C20H21FN2O4. The highest BCUT2D eigenvalue weighted by atomic mass is 19.1. The van der Waals surface area contributed by atoms with Crippen molar-refractivity contribution >= 4 is 23.5 Å². The summed E-state index contributed by atoms with van der Waals surface area (Å²) in [4.78, 5) is 35.6. The molecule has 2 amide bonds. The van der Waals surface area contributed by atoms with Crippen LogP contribution in [0.1, 0.15) is 29.8 Å². The van der Waals surface area contributed by atoms with Gasteiger partial charge in [-0.25, -0.2) is 4.39 Å². The van der Waals surface area contributed by atoms with Crippen LogP contribution < -0.4 is 10.6 Å². The number of hydrogen-bond donors (Lipinski definition) is 3. The fraction of sp³-hybridized carbons (Fsp3) is 0.250. The third-order valence-corrected chi connectivity index (χ3v) is 3.92. The molecule has 0 aliphatic rings. The van der Waals surface area contributed by atoms with Crippen LogP contribution in [0.4, 0.5) is 10.1 Å². The zero-order valence-electron chi connectivity index (χ0n) is 15.0. The Bertz CT molecular complexity index is 817. The van der Waals surface area contributed by atoms with E-state index in [2.05, 4.69) is 10.6 Å². The van der Waals surface area contributed by atoms with Crippen LogP contribution in [0, 0.1) is 11.7 Å². The standard InChI is InChI=1S/C20H21FN2O4/c1-12(2)18(23-19(26)14-5-7-15(21)8-6-14)20(27)22-16-9-3-13(4-10-16)11-17(24)25/h3-10,12,18H,11H2,1-2H3,(H,22,27)(H,23,26)(H,24,25). The molecule has 0 heterocycles. The van der Waals surface area contributed by atoms with Gasteiger partial charge in [0, 0.05) is 11.3 Å². The number of rotatable bonds is 7. The summed E-state index contributed by atoms with van der Waals surface area (Å²) >= 11 is 0. The first-order valence-electron chi connectivity index (χ1n) is 8.44. The first kappa shape index (κ1) is 20.1. The van der Waals surface area contributed by atoms with Gasteiger partial charge in [-0.2, -0.15) is 0 Å². The SMILES string of the molecule is CC(C)C(NC(=O)c1ccc(F)cc1)C(=O)Nc1ccc(CC(=O)O)cc1. The molecule has 3 N–H and O–H groups in total. The third-order valence-electron chi connectivity index (χ3n) is 3.92. The first-order valence-corrected chi connectivity index (χ1v) is 8.44. The zero-order valence-corrected chi connectivity index (χ0v) is 15.0. The van der Waals surface area contributed by atoms with E-state index >= 15 is 0 Å². The van der Waals surface area contributed by atoms with Gasteiger partial charge in [-0.3, -0.25) is 14.4 Å². The molecule has 1 unspecified atom stereocenters. The minimum atomic E-state index is -0.935. The Balaban J connectivity index is 2.04. The Kier molecular flexibility index (Phi) is 6.65. The molecule has 0 spiro atoms. The summed E-state index contributed by atoms with van der Waals surface area (Å²) in [6.45, 7) is 3.59. The number of anilines is 1. The summed E-state index contributed by atoms with van der Waals surface area (Å²) < 4.78 is 13.0. The molecule has 0 aliphatic heterocycles. The molecule has 0 fully saturated rings. The van der Waals surface area contributed by atoms with Crippen molar-refractivity contribution in [3.05, 3.63) is 65.5 Å². The number of halogens is 1. The van der Waals surface area contributed by atoms with E-state index in [0.29, 0.717) is 11.3 Å². The van der Waals surface area contributed by atoms with Gasteiger partial charge in [0.05, 0.1) is 6.42 Å². The summed E-state index contributed by atoms with van der Waals surface area (Å²) in [5.41, 5.74) is 1.37. The van der Waals surface area contributed by atoms with Gasteiger partial charge in [-0.1, -0.05) is 26.0 Å². The van der Waals surface area contributed by atoms with E-state index in [9.17, 15) is 18.8 Å². The van der Waals surface area contributed by atoms with E-state index in [-0.39, 0.29) is 17.9 Å². The Hall–Kier alpha value is -3.22. The van der Waals surface area contributed by atoms with E-state index in [4.69, 9.17) is 5.11 Å². The number of nitrogens with one attached hydrogen (secondary N) is 2. The molecule has 2 rings (SSSR count). The molecule has 0 radical (unpaired) electrons. The van der Waals surface area contributed by atoms with E-state index < -0.39 is 29.6 Å². The third kappa shape index (κ3) is 5.91. The minimum Gasteiger partial charge on any atom is -0.481 e. The smallest absolute Gasteiger partial charge is 0.307 e. The molecule has 0 aromatic heterocycles. The monoisotopic (exact) mass is 372 g/mol. The van der Waals surface area contributed by atoms with Crippen molar-refractivity contribution in [2.45, 2.75) is 26.3 Å². The maximum atomic E-state index is 13.0. The van der Waals surface area contributed by atoms with Crippen molar-refractivity contribution in [2.75, 3.05) is 5.32 Å². The van der Waals surface area contributed by atoms with E-state index in [1.165, 1.54) is 24.3 Å². The normalized spacial score (nSPS) is 11.7. The summed E-state index contributed by atoms with van der Waals surface area (Å²) in [7, 11) is 0. The Morgan fingerprint density at radius 3 is 2.11 bits per heavy atom. The molecule has 2 aromatic rings. The number of amides is 2. The Morgan fingerprint density at radius 1 is 1.00 bits per heavy atom. The number of carbonyl (C=O) groups excluding carboxylic acids is 2. The Labute approximate surface area is 156 Å². The van der Waals surface area contributed by atoms with Gasteiger partial charge in [-0.05, 0) is 47.9 Å². The van der Waals surface area contributed by atoms with Gasteiger partial charge in [0.1, 0.15) is 11.9 Å². The number of carboxylic acids is 1. The lowest BCUT2D eigenvalue weighted by atomic mass is 10.0. The van der Waals surface area contributed by atoms with Gasteiger partial charge < -0.3 is 15.7 Å². The van der Waals surface area contributed by atoms with Crippen molar-refractivity contribution in [1.29, 1.82) is 0 Å². The van der Waals surface area contributed by atoms with E-state index in [1.807, 2.05) is 0 Å². The second-order valence-corrected chi connectivity index (χ2v) is 6.46. The van der Waals surface area contributed by atoms with Crippen LogP contribution in [0.5, 0.6) is 0 Å². The highest BCUT2D eigenvalue weighted by Gasteiger charge is 2.24. The maximum absolute atomic E-state index is 13.0. The van der Waals surface area contributed by atoms with Crippen LogP contribution in [0.3, 0.4) is 0 Å². The van der Waals surface area contributed by atoms with Crippen molar-refractivity contribution in [3.8, 4) is 0 Å². The average molecular weight is 372 g/mol. The van der Waals surface area contributed by atoms with Crippen LogP contribution in [0.15, 0.2) is 48.5 Å². The van der Waals surface area contributed by atoms with Gasteiger partial charge in [0.2, 0.25) is 5.91 Å². The lowest BCUT2D eigenvalue weighted by molar-refractivity contribution is -0.136. The molecule has 7 heteroatoms. The number of hydrogen-bond acceptors (Lipinski definition) is 3. The first-order chi connectivity index (χ1) is 12.8. The maximum Gasteiger partial charge on any atom is 0.307 e. The molecule has 0 bridgehead atoms. The van der Waals surface area contributed by atoms with Crippen molar-refractivity contribution in [1.82, 2.24) is 5.32 Å². The molecule has 0 saturated heterocycles. The second-order valence-electron chi connectivity index (χ2n) is 6.46. The highest BCUT2D eigenvalue weighted by molar-refractivity contribution is 6.01. The predicted octanol–water partition coefficient (Wildman–Crippen LogP) is 2.85. The van der Waals surface area contributed by atoms with Crippen LogP contribution in [0.25, 0.3) is 0 Å². The molecule has 6 nitrogen and oxygen atoms in total. The molecule has 0 saturated carbocycles. The fourth-order valence-electron chi connectivity index (χ4n) is 2.46. The second kappa shape index (κ2) is 8.93. The van der Waals surface area contributed by atoms with Crippen LogP contribution in [-0.2, 0) is 16.0 Å². The van der Waals surface area contributed by atoms with Gasteiger partial charge >= 0.3 is 5.97 Å². The highest BCUT2D eigenvalue weighted by Crippen LogP contribution is 2.13. The molecular weight excluding hydrogens is 351 g/mol. The summed E-state index contributed by atoms with van der Waals surface area (Å²) in [5, 5.41) is 14.1. The minimum absolute atomic E-state index is 0.101. The van der Waals surface area contributed by atoms with Gasteiger partial charge in [-0.15, -0.1) is 0 Å². The summed E-state index contributed by atoms with van der Waals surface area (Å²) in [5.74, 6) is -2.43. The molecule has 142 valence electrons. The lowest BCUT2D eigenvalue weighted by Gasteiger charge is -2.22. The van der Waals surface area contributed by atoms with Crippen LogP contribution in [0.2, 0.25) is 0 Å². The predicted molar refractivity (Wildman–Crippen MR) is 98.9 cm³/mol. The average Bonchev–Trinajstić information content (AvgIpc) is 2.61. The number of aliphatic carboxylic acids is 1. The molecule has 2 aromatic carbocycles. The molecule has 27 heavy (non-hydrogen) atoms. The van der Waals surface area contributed by atoms with Crippen LogP contribution in [-0.4, -0.2) is 28.9 Å². The molecule has 0 aliphatic carbocycles. The lowest BCUT2D eigenvalue weighted by Crippen LogP contribution is -2.47. The van der Waals surface area contributed by atoms with Gasteiger partial charge in [0.25, 0.3) is 5.91 Å². The quantitative estimate of drug-likeness (QED) is 0.696. The zero-order chi connectivity index (χ0) is 20.0. The summed E-state index contributed by atoms with van der Waals surface area (Å²) in [6.07, 6.45) is -0.101. The largest absolute Gasteiger partial charge is 0.481 e. The molecule has 1 atom stereocenters. The van der Waals surface area contributed by atoms with E-state index in [1.54, 1.807) is 38.1 Å². The number of benzene rings is 2. The van der Waals surface area contributed by atoms with Crippen molar-refractivity contribution < 1.29 is 23.9 Å².